The third-order valence-corrected chi connectivity index (χ3v) is 3.33. The average molecular weight is 349 g/mol. The van der Waals surface area contributed by atoms with Crippen LogP contribution in [-0.4, -0.2) is 16.2 Å². The highest BCUT2D eigenvalue weighted by atomic mass is 79.9. The minimum absolute atomic E-state index is 0.207. The van der Waals surface area contributed by atoms with Gasteiger partial charge in [-0.25, -0.2) is 4.79 Å². The largest absolute Gasteiger partial charge is 0.504 e. The van der Waals surface area contributed by atoms with Crippen LogP contribution < -0.4 is 4.74 Å². The second-order valence-corrected chi connectivity index (χ2v) is 4.84. The van der Waals surface area contributed by atoms with Crippen LogP contribution in [0.15, 0.2) is 48.5 Å². The van der Waals surface area contributed by atoms with Gasteiger partial charge in [0.05, 0.1) is 0 Å². The third kappa shape index (κ3) is 4.36. The van der Waals surface area contributed by atoms with Crippen molar-refractivity contribution in [2.24, 2.45) is 0 Å². The summed E-state index contributed by atoms with van der Waals surface area (Å²) in [5.41, 5.74) is 1.59. The zero-order valence-electron chi connectivity index (χ0n) is 11.0. The molecule has 0 aliphatic heterocycles. The summed E-state index contributed by atoms with van der Waals surface area (Å²) in [4.78, 5) is 11.7. The zero-order chi connectivity index (χ0) is 15.2. The molecule has 0 unspecified atom stereocenters. The lowest BCUT2D eigenvalue weighted by atomic mass is 10.2. The molecule has 108 valence electrons. The van der Waals surface area contributed by atoms with Crippen molar-refractivity contribution < 1.29 is 19.7 Å². The summed E-state index contributed by atoms with van der Waals surface area (Å²) in [6.07, 6.45) is 2.75. The number of phenolic OH excluding ortho intramolecular Hbond substituents is 2. The molecule has 2 aromatic rings. The highest BCUT2D eigenvalue weighted by molar-refractivity contribution is 9.08. The van der Waals surface area contributed by atoms with E-state index in [2.05, 4.69) is 15.9 Å². The number of hydrogen-bond acceptors (Lipinski definition) is 4. The Labute approximate surface area is 130 Å². The molecule has 0 aliphatic carbocycles. The number of carbonyl (C=O) groups is 1. The number of halogens is 1. The van der Waals surface area contributed by atoms with Gasteiger partial charge in [-0.15, -0.1) is 0 Å². The summed E-state index contributed by atoms with van der Waals surface area (Å²) in [5.74, 6) is -0.499. The van der Waals surface area contributed by atoms with Gasteiger partial charge in [0.15, 0.2) is 11.5 Å². The van der Waals surface area contributed by atoms with Crippen LogP contribution in [0.5, 0.6) is 17.2 Å². The summed E-state index contributed by atoms with van der Waals surface area (Å²) in [6.45, 7) is 0. The van der Waals surface area contributed by atoms with Crippen LogP contribution in [0.4, 0.5) is 0 Å². The fraction of sp³-hybridized carbons (Fsp3) is 0.0625. The van der Waals surface area contributed by atoms with Crippen molar-refractivity contribution in [3.05, 3.63) is 59.7 Å². The number of hydrogen-bond donors (Lipinski definition) is 2. The highest BCUT2D eigenvalue weighted by Gasteiger charge is 2.02. The van der Waals surface area contributed by atoms with Crippen molar-refractivity contribution in [2.45, 2.75) is 5.33 Å². The number of alkyl halides is 1. The number of aromatic hydroxyl groups is 2. The van der Waals surface area contributed by atoms with Crippen LogP contribution in [0.25, 0.3) is 6.08 Å². The maximum absolute atomic E-state index is 11.7. The molecular formula is C16H13BrO4. The van der Waals surface area contributed by atoms with Gasteiger partial charge < -0.3 is 14.9 Å². The average Bonchev–Trinajstić information content (AvgIpc) is 2.48. The van der Waals surface area contributed by atoms with Crippen molar-refractivity contribution in [2.75, 3.05) is 0 Å². The second kappa shape index (κ2) is 6.95. The lowest BCUT2D eigenvalue weighted by molar-refractivity contribution is -0.128. The molecule has 0 aliphatic rings. The van der Waals surface area contributed by atoms with E-state index in [0.29, 0.717) is 16.6 Å². The van der Waals surface area contributed by atoms with Crippen molar-refractivity contribution >= 4 is 28.0 Å². The minimum Gasteiger partial charge on any atom is -0.504 e. The second-order valence-electron chi connectivity index (χ2n) is 4.28. The first-order valence-electron chi connectivity index (χ1n) is 6.15. The Bertz CT molecular complexity index is 680. The topological polar surface area (TPSA) is 66.8 Å². The summed E-state index contributed by atoms with van der Waals surface area (Å²) < 4.78 is 5.17. The molecular weight excluding hydrogens is 336 g/mol. The SMILES string of the molecule is O=C(/C=C/c1ccc(O)c(O)c1)Oc1cccc(CBr)c1. The lowest BCUT2D eigenvalue weighted by Crippen LogP contribution is -2.03. The van der Waals surface area contributed by atoms with E-state index in [1.807, 2.05) is 6.07 Å². The van der Waals surface area contributed by atoms with Gasteiger partial charge in [0.25, 0.3) is 0 Å². The number of ether oxygens (including phenoxy) is 1. The molecule has 2 N–H and O–H groups in total. The number of carbonyl (C=O) groups excluding carboxylic acids is 1. The smallest absolute Gasteiger partial charge is 0.336 e. The Kier molecular flexibility index (Phi) is 5.00. The number of rotatable bonds is 4. The Morgan fingerprint density at radius 3 is 2.67 bits per heavy atom. The normalized spacial score (nSPS) is 10.7. The maximum atomic E-state index is 11.7. The van der Waals surface area contributed by atoms with Crippen LogP contribution in [0.3, 0.4) is 0 Å². The molecule has 0 saturated heterocycles. The first-order valence-corrected chi connectivity index (χ1v) is 7.27. The molecule has 0 heterocycles. The monoisotopic (exact) mass is 348 g/mol. The number of benzene rings is 2. The molecule has 0 radical (unpaired) electrons. The zero-order valence-corrected chi connectivity index (χ0v) is 12.6. The molecule has 0 saturated carbocycles. The van der Waals surface area contributed by atoms with E-state index >= 15 is 0 Å². The molecule has 0 fully saturated rings. The Morgan fingerprint density at radius 1 is 1.14 bits per heavy atom. The van der Waals surface area contributed by atoms with Gasteiger partial charge in [-0.2, -0.15) is 0 Å². The number of esters is 1. The molecule has 5 heteroatoms. The van der Waals surface area contributed by atoms with Crippen LogP contribution in [0.1, 0.15) is 11.1 Å². The van der Waals surface area contributed by atoms with Gasteiger partial charge in [0.2, 0.25) is 0 Å². The van der Waals surface area contributed by atoms with Crippen molar-refractivity contribution in [1.29, 1.82) is 0 Å². The van der Waals surface area contributed by atoms with E-state index in [0.717, 1.165) is 5.56 Å². The van der Waals surface area contributed by atoms with Gasteiger partial charge in [-0.05, 0) is 41.5 Å². The first-order chi connectivity index (χ1) is 10.1. The molecule has 0 atom stereocenters. The van der Waals surface area contributed by atoms with Crippen molar-refractivity contribution in [3.63, 3.8) is 0 Å². The molecule has 21 heavy (non-hydrogen) atoms. The third-order valence-electron chi connectivity index (χ3n) is 2.68. The molecule has 0 aromatic heterocycles. The quantitative estimate of drug-likeness (QED) is 0.291. The van der Waals surface area contributed by atoms with E-state index in [4.69, 9.17) is 4.74 Å². The lowest BCUT2D eigenvalue weighted by Gasteiger charge is -2.03. The first kappa shape index (κ1) is 15.1. The van der Waals surface area contributed by atoms with E-state index in [1.165, 1.54) is 24.3 Å². The summed E-state index contributed by atoms with van der Waals surface area (Å²) in [5, 5.41) is 19.2. The van der Waals surface area contributed by atoms with Crippen LogP contribution in [0, 0.1) is 0 Å². The van der Waals surface area contributed by atoms with Gasteiger partial charge >= 0.3 is 5.97 Å². The van der Waals surface area contributed by atoms with E-state index < -0.39 is 5.97 Å². The molecule has 0 spiro atoms. The predicted molar refractivity (Wildman–Crippen MR) is 83.5 cm³/mol. The molecule has 2 rings (SSSR count). The fourth-order valence-corrected chi connectivity index (χ4v) is 2.00. The van der Waals surface area contributed by atoms with E-state index in [9.17, 15) is 15.0 Å². The van der Waals surface area contributed by atoms with E-state index in [-0.39, 0.29) is 11.5 Å². The Hall–Kier alpha value is -2.27. The van der Waals surface area contributed by atoms with Gasteiger partial charge in [-0.3, -0.25) is 0 Å². The molecule has 4 nitrogen and oxygen atoms in total. The van der Waals surface area contributed by atoms with E-state index in [1.54, 1.807) is 24.3 Å². The minimum atomic E-state index is -0.519. The summed E-state index contributed by atoms with van der Waals surface area (Å²) in [6, 6.07) is 11.5. The highest BCUT2D eigenvalue weighted by Crippen LogP contribution is 2.25. The maximum Gasteiger partial charge on any atom is 0.336 e. The summed E-state index contributed by atoms with van der Waals surface area (Å²) in [7, 11) is 0. The van der Waals surface area contributed by atoms with Gasteiger partial charge in [-0.1, -0.05) is 34.1 Å². The van der Waals surface area contributed by atoms with Gasteiger partial charge in [0.1, 0.15) is 5.75 Å². The van der Waals surface area contributed by atoms with Crippen molar-refractivity contribution in [3.8, 4) is 17.2 Å². The number of phenols is 2. The fourth-order valence-electron chi connectivity index (χ4n) is 1.65. The standard InChI is InChI=1S/C16H13BrO4/c17-10-12-2-1-3-13(8-12)21-16(20)7-5-11-4-6-14(18)15(19)9-11/h1-9,18-19H,10H2/b7-5+. The summed E-state index contributed by atoms with van der Waals surface area (Å²) >= 11 is 3.33. The predicted octanol–water partition coefficient (Wildman–Crippen LogP) is 3.61. The van der Waals surface area contributed by atoms with Crippen molar-refractivity contribution in [1.82, 2.24) is 0 Å². The van der Waals surface area contributed by atoms with Crippen LogP contribution in [0.2, 0.25) is 0 Å². The van der Waals surface area contributed by atoms with Crippen LogP contribution in [-0.2, 0) is 10.1 Å². The molecule has 0 bridgehead atoms. The van der Waals surface area contributed by atoms with Gasteiger partial charge in [0, 0.05) is 11.4 Å². The Morgan fingerprint density at radius 2 is 1.95 bits per heavy atom. The Balaban J connectivity index is 2.03. The van der Waals surface area contributed by atoms with Crippen LogP contribution >= 0.6 is 15.9 Å². The molecule has 0 amide bonds. The molecule has 2 aromatic carbocycles.